The maximum absolute atomic E-state index is 6.78. The lowest BCUT2D eigenvalue weighted by Gasteiger charge is -2.04. The summed E-state index contributed by atoms with van der Waals surface area (Å²) < 4.78 is 0. The summed E-state index contributed by atoms with van der Waals surface area (Å²) in [6.45, 7) is 6.78. The largest absolute Gasteiger partial charge is 0.392 e. The van der Waals surface area contributed by atoms with Crippen molar-refractivity contribution in [1.29, 1.82) is 0 Å². The summed E-state index contributed by atoms with van der Waals surface area (Å²) in [5, 5.41) is 2.70. The van der Waals surface area contributed by atoms with Crippen LogP contribution in [0.1, 0.15) is 0 Å². The average molecular weight is 164 g/mol. The minimum absolute atomic E-state index is 0.0595. The SMILES string of the molecule is [C-]#[N+]c1c(N)nc(N)nc1NC. The highest BCUT2D eigenvalue weighted by Crippen LogP contribution is 2.28. The van der Waals surface area contributed by atoms with Gasteiger partial charge in [-0.15, -0.1) is 0 Å². The molecule has 0 saturated heterocycles. The van der Waals surface area contributed by atoms with Crippen molar-refractivity contribution in [3.8, 4) is 0 Å². The molecule has 0 aliphatic rings. The quantitative estimate of drug-likeness (QED) is 0.516. The summed E-state index contributed by atoms with van der Waals surface area (Å²) in [6.07, 6.45) is 0. The summed E-state index contributed by atoms with van der Waals surface area (Å²) in [5.41, 5.74) is 10.9. The Labute approximate surface area is 69.4 Å². The lowest BCUT2D eigenvalue weighted by molar-refractivity contribution is 1.19. The summed E-state index contributed by atoms with van der Waals surface area (Å²) >= 11 is 0. The fraction of sp³-hybridized carbons (Fsp3) is 0.167. The van der Waals surface area contributed by atoms with Crippen molar-refractivity contribution in [2.45, 2.75) is 0 Å². The minimum Gasteiger partial charge on any atom is -0.392 e. The second kappa shape index (κ2) is 2.92. The molecule has 0 fully saturated rings. The Morgan fingerprint density at radius 1 is 1.42 bits per heavy atom. The monoisotopic (exact) mass is 164 g/mol. The smallest absolute Gasteiger partial charge is 0.268 e. The Balaban J connectivity index is 3.36. The topological polar surface area (TPSA) is 94.2 Å². The first kappa shape index (κ1) is 8.07. The van der Waals surface area contributed by atoms with Gasteiger partial charge in [0.1, 0.15) is 11.6 Å². The molecule has 62 valence electrons. The van der Waals surface area contributed by atoms with Crippen LogP contribution in [0.4, 0.5) is 23.3 Å². The van der Waals surface area contributed by atoms with E-state index >= 15 is 0 Å². The zero-order valence-electron chi connectivity index (χ0n) is 6.50. The molecule has 0 aromatic carbocycles. The number of rotatable bonds is 1. The maximum Gasteiger partial charge on any atom is 0.268 e. The molecule has 1 aromatic rings. The van der Waals surface area contributed by atoms with Gasteiger partial charge in [0.2, 0.25) is 5.95 Å². The summed E-state index contributed by atoms with van der Waals surface area (Å²) in [7, 11) is 1.63. The van der Waals surface area contributed by atoms with E-state index in [0.29, 0.717) is 5.82 Å². The molecule has 0 amide bonds. The molecule has 6 heteroatoms. The zero-order chi connectivity index (χ0) is 9.14. The van der Waals surface area contributed by atoms with Gasteiger partial charge < -0.3 is 16.8 Å². The molecule has 0 unspecified atom stereocenters. The summed E-state index contributed by atoms with van der Waals surface area (Å²) in [6, 6.07) is 0. The lowest BCUT2D eigenvalue weighted by Crippen LogP contribution is -2.03. The Kier molecular flexibility index (Phi) is 1.96. The Hall–Kier alpha value is -2.03. The predicted octanol–water partition coefficient (Wildman–Crippen LogP) is 0.233. The highest BCUT2D eigenvalue weighted by atomic mass is 15.1. The lowest BCUT2D eigenvalue weighted by atomic mass is 10.4. The number of nitrogens with one attached hydrogen (secondary N) is 1. The highest BCUT2D eigenvalue weighted by Gasteiger charge is 2.08. The van der Waals surface area contributed by atoms with Gasteiger partial charge in [0.25, 0.3) is 5.69 Å². The van der Waals surface area contributed by atoms with E-state index in [-0.39, 0.29) is 17.5 Å². The van der Waals surface area contributed by atoms with Gasteiger partial charge >= 0.3 is 0 Å². The third-order valence-electron chi connectivity index (χ3n) is 1.28. The van der Waals surface area contributed by atoms with Crippen molar-refractivity contribution >= 4 is 23.3 Å². The number of nitrogens with zero attached hydrogens (tertiary/aromatic N) is 3. The number of hydrogen-bond donors (Lipinski definition) is 3. The van der Waals surface area contributed by atoms with Crippen LogP contribution in [-0.2, 0) is 0 Å². The average Bonchev–Trinajstić information content (AvgIpc) is 2.03. The molecule has 0 bridgehead atoms. The van der Waals surface area contributed by atoms with Crippen molar-refractivity contribution in [3.05, 3.63) is 11.4 Å². The van der Waals surface area contributed by atoms with E-state index in [1.807, 2.05) is 0 Å². The first-order chi connectivity index (χ1) is 5.69. The van der Waals surface area contributed by atoms with Gasteiger partial charge in [-0.1, -0.05) is 0 Å². The van der Waals surface area contributed by atoms with E-state index in [4.69, 9.17) is 18.0 Å². The molecular formula is C6H8N6. The fourth-order valence-corrected chi connectivity index (χ4v) is 0.775. The summed E-state index contributed by atoms with van der Waals surface area (Å²) in [4.78, 5) is 10.6. The molecule has 12 heavy (non-hydrogen) atoms. The predicted molar refractivity (Wildman–Crippen MR) is 46.7 cm³/mol. The molecule has 0 aliphatic carbocycles. The second-order valence-corrected chi connectivity index (χ2v) is 2.03. The van der Waals surface area contributed by atoms with E-state index in [0.717, 1.165) is 0 Å². The molecule has 0 saturated carbocycles. The number of nitrogen functional groups attached to an aromatic ring is 2. The first-order valence-electron chi connectivity index (χ1n) is 3.17. The van der Waals surface area contributed by atoms with Crippen LogP contribution >= 0.6 is 0 Å². The van der Waals surface area contributed by atoms with Crippen LogP contribution in [0.25, 0.3) is 4.85 Å². The molecule has 0 radical (unpaired) electrons. The normalized spacial score (nSPS) is 9.00. The fourth-order valence-electron chi connectivity index (χ4n) is 0.775. The van der Waals surface area contributed by atoms with Crippen LogP contribution < -0.4 is 16.8 Å². The number of anilines is 3. The van der Waals surface area contributed by atoms with Gasteiger partial charge in [0.05, 0.1) is 6.57 Å². The molecule has 1 aromatic heterocycles. The van der Waals surface area contributed by atoms with Crippen LogP contribution in [0.2, 0.25) is 0 Å². The van der Waals surface area contributed by atoms with Gasteiger partial charge in [-0.25, -0.2) is 14.8 Å². The first-order valence-corrected chi connectivity index (χ1v) is 3.17. The molecule has 1 rings (SSSR count). The van der Waals surface area contributed by atoms with Gasteiger partial charge in [0.15, 0.2) is 0 Å². The van der Waals surface area contributed by atoms with Crippen molar-refractivity contribution in [3.63, 3.8) is 0 Å². The second-order valence-electron chi connectivity index (χ2n) is 2.03. The third-order valence-corrected chi connectivity index (χ3v) is 1.28. The van der Waals surface area contributed by atoms with Crippen molar-refractivity contribution < 1.29 is 0 Å². The van der Waals surface area contributed by atoms with Crippen molar-refractivity contribution in [2.75, 3.05) is 23.8 Å². The molecule has 0 aliphatic heterocycles. The molecule has 0 atom stereocenters. The van der Waals surface area contributed by atoms with E-state index in [1.165, 1.54) is 0 Å². The van der Waals surface area contributed by atoms with E-state index < -0.39 is 0 Å². The van der Waals surface area contributed by atoms with Gasteiger partial charge in [-0.3, -0.25) is 0 Å². The van der Waals surface area contributed by atoms with Gasteiger partial charge in [-0.2, -0.15) is 0 Å². The minimum atomic E-state index is 0.0595. The van der Waals surface area contributed by atoms with E-state index in [2.05, 4.69) is 20.1 Å². The van der Waals surface area contributed by atoms with Crippen LogP contribution in [0.3, 0.4) is 0 Å². The Bertz CT molecular complexity index is 339. The molecular weight excluding hydrogens is 156 g/mol. The summed E-state index contributed by atoms with van der Waals surface area (Å²) in [5.74, 6) is 0.515. The third kappa shape index (κ3) is 1.20. The molecule has 1 heterocycles. The molecule has 0 spiro atoms. The molecule has 6 nitrogen and oxygen atoms in total. The van der Waals surface area contributed by atoms with Crippen molar-refractivity contribution in [2.24, 2.45) is 0 Å². The van der Waals surface area contributed by atoms with Gasteiger partial charge in [-0.05, 0) is 0 Å². The Morgan fingerprint density at radius 3 is 2.58 bits per heavy atom. The maximum atomic E-state index is 6.78. The zero-order valence-corrected chi connectivity index (χ0v) is 6.50. The van der Waals surface area contributed by atoms with Crippen LogP contribution in [-0.4, -0.2) is 17.0 Å². The highest BCUT2D eigenvalue weighted by molar-refractivity contribution is 5.77. The number of aromatic nitrogens is 2. The van der Waals surface area contributed by atoms with Crippen LogP contribution in [0, 0.1) is 6.57 Å². The van der Waals surface area contributed by atoms with Crippen molar-refractivity contribution in [1.82, 2.24) is 9.97 Å². The number of nitrogens with two attached hydrogens (primary N) is 2. The standard InChI is InChI=1S/C6H8N6/c1-9-3-4(7)11-6(8)12-5(3)10-2/h2H3,(H5,7,8,10,11,12). The molecule has 5 N–H and O–H groups in total. The van der Waals surface area contributed by atoms with Crippen LogP contribution in [0.5, 0.6) is 0 Å². The number of hydrogen-bond acceptors (Lipinski definition) is 5. The van der Waals surface area contributed by atoms with Gasteiger partial charge in [0, 0.05) is 7.05 Å². The van der Waals surface area contributed by atoms with E-state index in [1.54, 1.807) is 7.05 Å². The Morgan fingerprint density at radius 2 is 2.08 bits per heavy atom. The van der Waals surface area contributed by atoms with Crippen LogP contribution in [0.15, 0.2) is 0 Å². The van der Waals surface area contributed by atoms with E-state index in [9.17, 15) is 0 Å².